The van der Waals surface area contributed by atoms with Crippen LogP contribution >= 0.6 is 0 Å². The highest BCUT2D eigenvalue weighted by Gasteiger charge is 2.19. The summed E-state index contributed by atoms with van der Waals surface area (Å²) in [6.07, 6.45) is 0.227. The fraction of sp³-hybridized carbons (Fsp3) is 0.857. The van der Waals surface area contributed by atoms with E-state index in [9.17, 15) is 8.42 Å². The molecule has 0 saturated carbocycles. The lowest BCUT2D eigenvalue weighted by atomic mass is 10.4. The quantitative estimate of drug-likeness (QED) is 0.417. The van der Waals surface area contributed by atoms with Gasteiger partial charge in [-0.25, -0.2) is 4.72 Å². The largest absolute Gasteiger partial charge is 0.388 e. The average Bonchev–Trinajstić information content (AvgIpc) is 2.01. The molecule has 0 amide bonds. The summed E-state index contributed by atoms with van der Waals surface area (Å²) in [5, 5.41) is 6.92. The summed E-state index contributed by atoms with van der Waals surface area (Å²) in [6, 6.07) is -0.0928. The summed E-state index contributed by atoms with van der Waals surface area (Å²) in [5.74, 6) is -0.0279. The number of nitrogens with two attached hydrogens (primary N) is 1. The molecule has 4 N–H and O–H groups in total. The van der Waals surface area contributed by atoms with Gasteiger partial charge < -0.3 is 5.73 Å². The molecule has 0 aliphatic rings. The predicted octanol–water partition coefficient (Wildman–Crippen LogP) is -0.513. The molecule has 0 bridgehead atoms. The van der Waals surface area contributed by atoms with Crippen LogP contribution in [-0.2, 0) is 10.2 Å². The van der Waals surface area contributed by atoms with Crippen LogP contribution in [0.3, 0.4) is 0 Å². The Morgan fingerprint density at radius 1 is 1.57 bits per heavy atom. The molecule has 6 nitrogen and oxygen atoms in total. The highest BCUT2D eigenvalue weighted by Crippen LogP contribution is 1.99. The Bertz CT molecular complexity index is 286. The molecule has 0 heterocycles. The van der Waals surface area contributed by atoms with Crippen molar-refractivity contribution in [3.05, 3.63) is 0 Å². The molecule has 0 aliphatic carbocycles. The first kappa shape index (κ1) is 13.3. The first-order valence-corrected chi connectivity index (χ1v) is 5.77. The van der Waals surface area contributed by atoms with Crippen LogP contribution < -0.4 is 10.5 Å². The minimum atomic E-state index is -3.42. The van der Waals surface area contributed by atoms with E-state index in [0.717, 1.165) is 0 Å². The van der Waals surface area contributed by atoms with Crippen molar-refractivity contribution in [3.8, 4) is 0 Å². The summed E-state index contributed by atoms with van der Waals surface area (Å²) >= 11 is 0. The summed E-state index contributed by atoms with van der Waals surface area (Å²) in [6.45, 7) is 3.73. The topological polar surface area (TPSA) is 99.3 Å². The Labute approximate surface area is 85.2 Å². The van der Waals surface area contributed by atoms with E-state index in [0.29, 0.717) is 0 Å². The number of amidine groups is 1. The predicted molar refractivity (Wildman–Crippen MR) is 56.4 cm³/mol. The number of rotatable bonds is 6. The molecule has 0 aliphatic heterocycles. The van der Waals surface area contributed by atoms with Crippen molar-refractivity contribution in [2.45, 2.75) is 26.3 Å². The minimum Gasteiger partial charge on any atom is -0.388 e. The molecule has 0 saturated heterocycles. The van der Waals surface area contributed by atoms with E-state index in [2.05, 4.69) is 4.72 Å². The minimum absolute atomic E-state index is 0.0279. The van der Waals surface area contributed by atoms with Gasteiger partial charge >= 0.3 is 0 Å². The molecule has 0 spiro atoms. The van der Waals surface area contributed by atoms with Gasteiger partial charge in [-0.05, 0) is 13.8 Å². The zero-order chi connectivity index (χ0) is 11.4. The van der Waals surface area contributed by atoms with Crippen molar-refractivity contribution in [1.29, 1.82) is 5.41 Å². The normalized spacial score (nSPS) is 12.4. The van der Waals surface area contributed by atoms with Crippen molar-refractivity contribution < 1.29 is 8.42 Å². The fourth-order valence-corrected chi connectivity index (χ4v) is 1.81. The molecule has 0 rings (SSSR count). The van der Waals surface area contributed by atoms with Crippen LogP contribution in [0.25, 0.3) is 0 Å². The molecular formula is C7H18N4O2S. The second-order valence-corrected chi connectivity index (χ2v) is 5.10. The van der Waals surface area contributed by atoms with Gasteiger partial charge in [-0.2, -0.15) is 12.7 Å². The molecule has 0 fully saturated rings. The lowest BCUT2D eigenvalue weighted by Gasteiger charge is -2.20. The Hall–Kier alpha value is -0.660. The molecule has 0 radical (unpaired) electrons. The van der Waals surface area contributed by atoms with Gasteiger partial charge in [0.2, 0.25) is 0 Å². The Morgan fingerprint density at radius 3 is 2.43 bits per heavy atom. The molecule has 14 heavy (non-hydrogen) atoms. The van der Waals surface area contributed by atoms with Gasteiger partial charge in [0.1, 0.15) is 0 Å². The monoisotopic (exact) mass is 222 g/mol. The zero-order valence-electron chi connectivity index (χ0n) is 8.74. The standard InChI is InChI=1S/C7H18N4O2S/c1-6(2)11(3)14(12,13)10-5-4-7(8)9/h6,10H,4-5H2,1-3H3,(H3,8,9). The molecule has 84 valence electrons. The summed E-state index contributed by atoms with van der Waals surface area (Å²) in [7, 11) is -1.92. The number of nitrogens with one attached hydrogen (secondary N) is 2. The lowest BCUT2D eigenvalue weighted by Crippen LogP contribution is -2.42. The maximum atomic E-state index is 11.5. The van der Waals surface area contributed by atoms with Gasteiger partial charge in [0.15, 0.2) is 0 Å². The molecule has 0 aromatic rings. The molecule has 7 heteroatoms. The zero-order valence-corrected chi connectivity index (χ0v) is 9.56. The average molecular weight is 222 g/mol. The second kappa shape index (κ2) is 5.28. The van der Waals surface area contributed by atoms with Crippen LogP contribution in [0.1, 0.15) is 20.3 Å². The van der Waals surface area contributed by atoms with Gasteiger partial charge in [0.05, 0.1) is 5.84 Å². The summed E-state index contributed by atoms with van der Waals surface area (Å²) < 4.78 is 26.5. The Morgan fingerprint density at radius 2 is 2.07 bits per heavy atom. The van der Waals surface area contributed by atoms with Crippen molar-refractivity contribution in [1.82, 2.24) is 9.03 Å². The van der Waals surface area contributed by atoms with Crippen LogP contribution in [0, 0.1) is 5.41 Å². The maximum Gasteiger partial charge on any atom is 0.279 e. The van der Waals surface area contributed by atoms with E-state index in [4.69, 9.17) is 11.1 Å². The van der Waals surface area contributed by atoms with E-state index >= 15 is 0 Å². The fourth-order valence-electron chi connectivity index (χ4n) is 0.694. The second-order valence-electron chi connectivity index (χ2n) is 3.28. The molecule has 0 unspecified atom stereocenters. The first-order chi connectivity index (χ1) is 6.27. The highest BCUT2D eigenvalue weighted by atomic mass is 32.2. The van der Waals surface area contributed by atoms with Crippen LogP contribution in [0.2, 0.25) is 0 Å². The molecule has 0 atom stereocenters. The van der Waals surface area contributed by atoms with Crippen LogP contribution in [0.4, 0.5) is 0 Å². The van der Waals surface area contributed by atoms with Crippen molar-refractivity contribution in [2.75, 3.05) is 13.6 Å². The van der Waals surface area contributed by atoms with E-state index in [1.807, 2.05) is 0 Å². The van der Waals surface area contributed by atoms with E-state index in [-0.39, 0.29) is 24.8 Å². The van der Waals surface area contributed by atoms with Crippen LogP contribution in [0.5, 0.6) is 0 Å². The van der Waals surface area contributed by atoms with Crippen molar-refractivity contribution in [2.24, 2.45) is 5.73 Å². The smallest absolute Gasteiger partial charge is 0.279 e. The van der Waals surface area contributed by atoms with Crippen molar-refractivity contribution >= 4 is 16.0 Å². The van der Waals surface area contributed by atoms with Gasteiger partial charge in [0.25, 0.3) is 10.2 Å². The van der Waals surface area contributed by atoms with E-state index < -0.39 is 10.2 Å². The third kappa shape index (κ3) is 4.54. The number of hydrogen-bond acceptors (Lipinski definition) is 3. The highest BCUT2D eigenvalue weighted by molar-refractivity contribution is 7.87. The van der Waals surface area contributed by atoms with Gasteiger partial charge in [-0.15, -0.1) is 0 Å². The van der Waals surface area contributed by atoms with E-state index in [1.54, 1.807) is 13.8 Å². The summed E-state index contributed by atoms with van der Waals surface area (Å²) in [5.41, 5.74) is 5.09. The number of nitrogens with zero attached hydrogens (tertiary/aromatic N) is 1. The number of hydrogen-bond donors (Lipinski definition) is 3. The first-order valence-electron chi connectivity index (χ1n) is 4.33. The Kier molecular flexibility index (Phi) is 5.03. The molecular weight excluding hydrogens is 204 g/mol. The van der Waals surface area contributed by atoms with Gasteiger partial charge in [-0.3, -0.25) is 5.41 Å². The van der Waals surface area contributed by atoms with Crippen LogP contribution in [0.15, 0.2) is 0 Å². The molecule has 0 aromatic carbocycles. The van der Waals surface area contributed by atoms with Gasteiger partial charge in [-0.1, -0.05) is 0 Å². The summed E-state index contributed by atoms with van der Waals surface area (Å²) in [4.78, 5) is 0. The third-order valence-corrected chi connectivity index (χ3v) is 3.53. The molecule has 0 aromatic heterocycles. The van der Waals surface area contributed by atoms with Crippen molar-refractivity contribution in [3.63, 3.8) is 0 Å². The SMILES string of the molecule is CC(C)N(C)S(=O)(=O)NCCC(=N)N. The van der Waals surface area contributed by atoms with Crippen LogP contribution in [-0.4, -0.2) is 38.2 Å². The lowest BCUT2D eigenvalue weighted by molar-refractivity contribution is 0.403. The maximum absolute atomic E-state index is 11.5. The third-order valence-electron chi connectivity index (χ3n) is 1.79. The Balaban J connectivity index is 4.15. The van der Waals surface area contributed by atoms with Gasteiger partial charge in [0, 0.05) is 26.1 Å². The van der Waals surface area contributed by atoms with E-state index in [1.165, 1.54) is 11.4 Å².